The number of halogens is 1. The maximum Gasteiger partial charge on any atom is 0.283 e. The Morgan fingerprint density at radius 1 is 1.12 bits per heavy atom. The average Bonchev–Trinajstić information content (AvgIpc) is 3.66. The standard InChI is InChI=1S/C27H31ClN6O5S2/c1-16-25-21(8-9-31(16)2)30-26(40-25)27(37)33-12-11-32(15-19(33)7-10-34-23(35)5-6-24(34)36)41(38,39)22-14-17-13-18(28)3-4-20(17)29-22/h3-4,13-14,16,19,29H,5-12,15H2,1-2H3. The number of aromatic nitrogens is 2. The highest BCUT2D eigenvalue weighted by Crippen LogP contribution is 2.34. The third-order valence-electron chi connectivity index (χ3n) is 8.38. The number of nitrogens with one attached hydrogen (secondary N) is 1. The molecular formula is C27H31ClN6O5S2. The molecule has 1 N–H and O–H groups in total. The number of piperazine rings is 1. The minimum absolute atomic E-state index is 0.0324. The normalized spacial score (nSPS) is 22.6. The van der Waals surface area contributed by atoms with E-state index < -0.39 is 16.1 Å². The van der Waals surface area contributed by atoms with Gasteiger partial charge in [-0.2, -0.15) is 4.31 Å². The van der Waals surface area contributed by atoms with E-state index in [0.29, 0.717) is 20.9 Å². The molecule has 2 saturated heterocycles. The van der Waals surface area contributed by atoms with Crippen molar-refractivity contribution in [2.45, 2.75) is 49.7 Å². The average molecular weight is 619 g/mol. The molecular weight excluding hydrogens is 588 g/mol. The van der Waals surface area contributed by atoms with E-state index in [4.69, 9.17) is 11.6 Å². The number of carbonyl (C=O) groups is 3. The van der Waals surface area contributed by atoms with Gasteiger partial charge in [-0.15, -0.1) is 11.3 Å². The highest BCUT2D eigenvalue weighted by molar-refractivity contribution is 7.89. The van der Waals surface area contributed by atoms with Gasteiger partial charge in [0.25, 0.3) is 15.9 Å². The Morgan fingerprint density at radius 2 is 1.88 bits per heavy atom. The van der Waals surface area contributed by atoms with Crippen molar-refractivity contribution >= 4 is 61.6 Å². The van der Waals surface area contributed by atoms with Crippen LogP contribution >= 0.6 is 22.9 Å². The number of sulfonamides is 1. The molecule has 2 atom stereocenters. The quantitative estimate of drug-likeness (QED) is 0.421. The number of fused-ring (bicyclic) bond motifs is 2. The van der Waals surface area contributed by atoms with Crippen LogP contribution in [0.1, 0.15) is 52.6 Å². The molecule has 1 aromatic carbocycles. The van der Waals surface area contributed by atoms with Gasteiger partial charge in [0.2, 0.25) is 11.8 Å². The zero-order valence-corrected chi connectivity index (χ0v) is 25.2. The van der Waals surface area contributed by atoms with Gasteiger partial charge in [0, 0.05) is 84.9 Å². The smallest absolute Gasteiger partial charge is 0.283 e. The number of rotatable bonds is 6. The highest BCUT2D eigenvalue weighted by atomic mass is 35.5. The van der Waals surface area contributed by atoms with E-state index >= 15 is 0 Å². The van der Waals surface area contributed by atoms with Crippen LogP contribution in [0.15, 0.2) is 29.3 Å². The summed E-state index contributed by atoms with van der Waals surface area (Å²) in [7, 11) is -1.88. The van der Waals surface area contributed by atoms with E-state index in [1.165, 1.54) is 20.5 Å². The second-order valence-electron chi connectivity index (χ2n) is 10.8. The van der Waals surface area contributed by atoms with Crippen LogP contribution in [0.4, 0.5) is 0 Å². The second kappa shape index (κ2) is 10.8. The Hall–Kier alpha value is -2.84. The summed E-state index contributed by atoms with van der Waals surface area (Å²) in [6.45, 7) is 3.38. The van der Waals surface area contributed by atoms with Crippen LogP contribution < -0.4 is 0 Å². The molecule has 2 aromatic heterocycles. The van der Waals surface area contributed by atoms with E-state index in [0.717, 1.165) is 23.5 Å². The maximum atomic E-state index is 13.8. The lowest BCUT2D eigenvalue weighted by atomic mass is 10.1. The summed E-state index contributed by atoms with van der Waals surface area (Å²) in [5, 5.41) is 1.62. The van der Waals surface area contributed by atoms with Gasteiger partial charge in [-0.25, -0.2) is 13.4 Å². The zero-order valence-electron chi connectivity index (χ0n) is 22.8. The molecule has 0 radical (unpaired) electrons. The summed E-state index contributed by atoms with van der Waals surface area (Å²) >= 11 is 7.49. The third-order valence-corrected chi connectivity index (χ3v) is 11.7. The molecule has 0 saturated carbocycles. The van der Waals surface area contributed by atoms with Gasteiger partial charge in [-0.1, -0.05) is 11.6 Å². The monoisotopic (exact) mass is 618 g/mol. The largest absolute Gasteiger partial charge is 0.345 e. The van der Waals surface area contributed by atoms with E-state index in [9.17, 15) is 22.8 Å². The van der Waals surface area contributed by atoms with Crippen molar-refractivity contribution < 1.29 is 22.8 Å². The fourth-order valence-electron chi connectivity index (χ4n) is 5.82. The summed E-state index contributed by atoms with van der Waals surface area (Å²) in [6.07, 6.45) is 1.38. The predicted octanol–water partition coefficient (Wildman–Crippen LogP) is 2.88. The fraction of sp³-hybridized carbons (Fsp3) is 0.481. The molecule has 2 fully saturated rings. The van der Waals surface area contributed by atoms with E-state index in [1.54, 1.807) is 29.2 Å². The molecule has 0 spiro atoms. The first-order valence-corrected chi connectivity index (χ1v) is 16.3. The van der Waals surface area contributed by atoms with Crippen molar-refractivity contribution in [2.75, 3.05) is 39.8 Å². The number of amides is 3. The molecule has 3 aliphatic heterocycles. The zero-order chi connectivity index (χ0) is 29.1. The van der Waals surface area contributed by atoms with Gasteiger partial charge in [-0.3, -0.25) is 24.2 Å². The van der Waals surface area contributed by atoms with Crippen molar-refractivity contribution in [3.05, 3.63) is 44.9 Å². The Kier molecular flexibility index (Phi) is 7.43. The Morgan fingerprint density at radius 3 is 2.63 bits per heavy atom. The number of benzene rings is 1. The Labute approximate surface area is 247 Å². The Balaban J connectivity index is 1.27. The van der Waals surface area contributed by atoms with Crippen molar-refractivity contribution in [1.82, 2.24) is 29.0 Å². The van der Waals surface area contributed by atoms with E-state index in [2.05, 4.69) is 21.8 Å². The summed E-state index contributed by atoms with van der Waals surface area (Å²) in [5.74, 6) is -0.730. The molecule has 0 bridgehead atoms. The number of aromatic amines is 1. The van der Waals surface area contributed by atoms with Gasteiger partial charge < -0.3 is 9.88 Å². The lowest BCUT2D eigenvalue weighted by Gasteiger charge is -2.40. The van der Waals surface area contributed by atoms with Crippen molar-refractivity contribution in [3.63, 3.8) is 0 Å². The van der Waals surface area contributed by atoms with Crippen LogP contribution in [0.25, 0.3) is 10.9 Å². The number of likely N-dealkylation sites (N-methyl/N-ethyl adjacent to an activating group) is 1. The lowest BCUT2D eigenvalue weighted by molar-refractivity contribution is -0.138. The summed E-state index contributed by atoms with van der Waals surface area (Å²) in [6, 6.07) is 6.28. The minimum Gasteiger partial charge on any atom is -0.345 e. The molecule has 5 heterocycles. The van der Waals surface area contributed by atoms with Gasteiger partial charge in [-0.05, 0) is 44.7 Å². The molecule has 41 heavy (non-hydrogen) atoms. The van der Waals surface area contributed by atoms with E-state index in [-0.39, 0.29) is 74.2 Å². The number of likely N-dealkylation sites (tertiary alicyclic amines) is 1. The summed E-state index contributed by atoms with van der Waals surface area (Å²) < 4.78 is 28.8. The van der Waals surface area contributed by atoms with Gasteiger partial charge >= 0.3 is 0 Å². The fourth-order valence-corrected chi connectivity index (χ4v) is 8.67. The minimum atomic E-state index is -3.93. The number of carbonyl (C=O) groups excluding carboxylic acids is 3. The predicted molar refractivity (Wildman–Crippen MR) is 154 cm³/mol. The van der Waals surface area contributed by atoms with Crippen LogP contribution in [0, 0.1) is 0 Å². The molecule has 2 unspecified atom stereocenters. The number of hydrogen-bond donors (Lipinski definition) is 1. The molecule has 0 aliphatic carbocycles. The van der Waals surface area contributed by atoms with E-state index in [1.807, 2.05) is 7.05 Å². The number of H-pyrrole nitrogens is 1. The van der Waals surface area contributed by atoms with Crippen LogP contribution in [0.2, 0.25) is 5.02 Å². The molecule has 3 amide bonds. The van der Waals surface area contributed by atoms with Crippen molar-refractivity contribution in [3.8, 4) is 0 Å². The second-order valence-corrected chi connectivity index (χ2v) is 14.2. The number of imide groups is 1. The third kappa shape index (κ3) is 5.18. The topological polar surface area (TPSA) is 127 Å². The van der Waals surface area contributed by atoms with Crippen LogP contribution in [0.3, 0.4) is 0 Å². The van der Waals surface area contributed by atoms with Crippen LogP contribution in [-0.4, -0.2) is 101 Å². The van der Waals surface area contributed by atoms with Crippen LogP contribution in [-0.2, 0) is 26.0 Å². The lowest BCUT2D eigenvalue weighted by Crippen LogP contribution is -2.57. The van der Waals surface area contributed by atoms with Gasteiger partial charge in [0.05, 0.1) is 5.69 Å². The molecule has 14 heteroatoms. The van der Waals surface area contributed by atoms with Gasteiger partial charge in [0.15, 0.2) is 5.01 Å². The molecule has 3 aromatic rings. The first kappa shape index (κ1) is 28.3. The summed E-state index contributed by atoms with van der Waals surface area (Å²) in [4.78, 5) is 52.2. The summed E-state index contributed by atoms with van der Waals surface area (Å²) in [5.41, 5.74) is 1.59. The highest BCUT2D eigenvalue weighted by Gasteiger charge is 2.40. The SMILES string of the molecule is CC1c2sc(C(=O)N3CCN(S(=O)(=O)c4cc5cc(Cl)ccc5[nH]4)CC3CCN3C(=O)CCC3=O)nc2CCN1C. The first-order valence-electron chi connectivity index (χ1n) is 13.7. The maximum absolute atomic E-state index is 13.8. The number of hydrogen-bond acceptors (Lipinski definition) is 8. The molecule has 3 aliphatic rings. The number of nitrogens with zero attached hydrogens (tertiary/aromatic N) is 5. The Bertz CT molecular complexity index is 1640. The van der Waals surface area contributed by atoms with Crippen LogP contribution in [0.5, 0.6) is 0 Å². The first-order chi connectivity index (χ1) is 19.5. The van der Waals surface area contributed by atoms with Gasteiger partial charge in [0.1, 0.15) is 5.03 Å². The molecule has 11 nitrogen and oxygen atoms in total. The van der Waals surface area contributed by atoms with Crippen molar-refractivity contribution in [1.29, 1.82) is 0 Å². The van der Waals surface area contributed by atoms with Crippen molar-refractivity contribution in [2.24, 2.45) is 0 Å². The number of thiazole rings is 1. The molecule has 218 valence electrons. The molecule has 6 rings (SSSR count).